The zero-order chi connectivity index (χ0) is 31.7. The summed E-state index contributed by atoms with van der Waals surface area (Å²) in [5.41, 5.74) is 3.12. The molecule has 0 bridgehead atoms. The van der Waals surface area contributed by atoms with Crippen molar-refractivity contribution in [3.63, 3.8) is 0 Å². The van der Waals surface area contributed by atoms with Gasteiger partial charge in [0.1, 0.15) is 12.6 Å². The molecule has 0 saturated heterocycles. The summed E-state index contributed by atoms with van der Waals surface area (Å²) in [4.78, 5) is 30.0. The van der Waals surface area contributed by atoms with Gasteiger partial charge in [-0.3, -0.25) is 13.9 Å². The monoisotopic (exact) mass is 723 g/mol. The highest BCUT2D eigenvalue weighted by molar-refractivity contribution is 14.1. The first-order chi connectivity index (χ1) is 21.1. The molecule has 0 saturated carbocycles. The minimum absolute atomic E-state index is 0.0759. The third-order valence-electron chi connectivity index (χ3n) is 7.43. The lowest BCUT2D eigenvalue weighted by atomic mass is 10.0. The van der Waals surface area contributed by atoms with E-state index < -0.39 is 28.5 Å². The second-order valence-electron chi connectivity index (χ2n) is 10.8. The van der Waals surface area contributed by atoms with Gasteiger partial charge in [-0.25, -0.2) is 8.42 Å². The first-order valence-corrected chi connectivity index (χ1v) is 17.1. The molecule has 1 N–H and O–H groups in total. The van der Waals surface area contributed by atoms with E-state index in [1.807, 2.05) is 75.4 Å². The molecule has 0 fully saturated rings. The standard InChI is InChI=1S/C35H38IN3O4S/c1-4-27(3)37-35(41)33(23-28-13-7-5-8-14-28)38(24-29-15-11-12-26(2)22-29)34(40)25-39(31-20-18-30(36)19-21-31)44(42,43)32-16-9-6-10-17-32/h5-22,27,33H,4,23-25H2,1-3H3,(H,37,41)/t27-,33+/m0/s1. The first-order valence-electron chi connectivity index (χ1n) is 14.6. The van der Waals surface area contributed by atoms with Gasteiger partial charge in [0.25, 0.3) is 10.0 Å². The zero-order valence-corrected chi connectivity index (χ0v) is 28.2. The molecule has 44 heavy (non-hydrogen) atoms. The van der Waals surface area contributed by atoms with Gasteiger partial charge in [0, 0.05) is 22.6 Å². The Morgan fingerprint density at radius 1 is 0.841 bits per heavy atom. The third kappa shape index (κ3) is 8.69. The quantitative estimate of drug-likeness (QED) is 0.163. The van der Waals surface area contributed by atoms with Crippen molar-refractivity contribution in [3.8, 4) is 0 Å². The van der Waals surface area contributed by atoms with Gasteiger partial charge in [-0.15, -0.1) is 0 Å². The summed E-state index contributed by atoms with van der Waals surface area (Å²) in [6.45, 7) is 5.54. The van der Waals surface area contributed by atoms with Crippen LogP contribution in [0.3, 0.4) is 0 Å². The molecule has 4 rings (SSSR count). The van der Waals surface area contributed by atoms with Crippen molar-refractivity contribution in [1.82, 2.24) is 10.2 Å². The molecule has 0 unspecified atom stereocenters. The maximum Gasteiger partial charge on any atom is 0.264 e. The first kappa shape index (κ1) is 33.2. The zero-order valence-electron chi connectivity index (χ0n) is 25.2. The Kier molecular flexibility index (Phi) is 11.6. The van der Waals surface area contributed by atoms with E-state index in [0.29, 0.717) is 5.69 Å². The van der Waals surface area contributed by atoms with Crippen LogP contribution in [0.4, 0.5) is 5.69 Å². The number of amides is 2. The van der Waals surface area contributed by atoms with E-state index in [9.17, 15) is 18.0 Å². The fourth-order valence-corrected chi connectivity index (χ4v) is 6.65. The largest absolute Gasteiger partial charge is 0.352 e. The molecule has 0 aromatic heterocycles. The second-order valence-corrected chi connectivity index (χ2v) is 13.9. The smallest absolute Gasteiger partial charge is 0.264 e. The van der Waals surface area contributed by atoms with Gasteiger partial charge in [0.2, 0.25) is 11.8 Å². The van der Waals surface area contributed by atoms with E-state index in [4.69, 9.17) is 0 Å². The van der Waals surface area contributed by atoms with E-state index in [2.05, 4.69) is 27.9 Å². The van der Waals surface area contributed by atoms with Crippen LogP contribution in [0.25, 0.3) is 0 Å². The van der Waals surface area contributed by atoms with Crippen LogP contribution in [0.5, 0.6) is 0 Å². The number of hydrogen-bond acceptors (Lipinski definition) is 4. The van der Waals surface area contributed by atoms with E-state index in [1.54, 1.807) is 42.5 Å². The number of nitrogens with one attached hydrogen (secondary N) is 1. The number of aryl methyl sites for hydroxylation is 1. The van der Waals surface area contributed by atoms with Gasteiger partial charge >= 0.3 is 0 Å². The molecule has 0 aliphatic heterocycles. The molecule has 0 heterocycles. The molecule has 7 nitrogen and oxygen atoms in total. The third-order valence-corrected chi connectivity index (χ3v) is 9.94. The Morgan fingerprint density at radius 3 is 2.07 bits per heavy atom. The van der Waals surface area contributed by atoms with Crippen molar-refractivity contribution in [2.45, 2.75) is 57.1 Å². The number of carbonyl (C=O) groups is 2. The number of sulfonamides is 1. The van der Waals surface area contributed by atoms with Crippen LogP contribution in [0.1, 0.15) is 37.0 Å². The van der Waals surface area contributed by atoms with Crippen LogP contribution in [0.15, 0.2) is 114 Å². The Labute approximate surface area is 274 Å². The minimum Gasteiger partial charge on any atom is -0.352 e. The van der Waals surface area contributed by atoms with E-state index in [-0.39, 0.29) is 29.8 Å². The number of benzene rings is 4. The Balaban J connectivity index is 1.80. The van der Waals surface area contributed by atoms with Crippen molar-refractivity contribution >= 4 is 50.1 Å². The predicted molar refractivity (Wildman–Crippen MR) is 184 cm³/mol. The number of carbonyl (C=O) groups excluding carboxylic acids is 2. The Morgan fingerprint density at radius 2 is 1.45 bits per heavy atom. The summed E-state index contributed by atoms with van der Waals surface area (Å²) in [6.07, 6.45) is 1.00. The van der Waals surface area contributed by atoms with Gasteiger partial charge in [-0.2, -0.15) is 0 Å². The molecular formula is C35H38IN3O4S. The molecule has 0 aliphatic rings. The van der Waals surface area contributed by atoms with Gasteiger partial charge < -0.3 is 10.2 Å². The maximum atomic E-state index is 14.5. The van der Waals surface area contributed by atoms with Crippen molar-refractivity contribution in [3.05, 3.63) is 129 Å². The minimum atomic E-state index is -4.12. The molecule has 2 atom stereocenters. The van der Waals surface area contributed by atoms with Crippen LogP contribution in [-0.2, 0) is 32.6 Å². The van der Waals surface area contributed by atoms with E-state index in [1.165, 1.54) is 17.0 Å². The number of rotatable bonds is 13. The molecular weight excluding hydrogens is 685 g/mol. The van der Waals surface area contributed by atoms with Crippen molar-refractivity contribution in [1.29, 1.82) is 0 Å². The van der Waals surface area contributed by atoms with Crippen LogP contribution in [-0.4, -0.2) is 43.8 Å². The predicted octanol–water partition coefficient (Wildman–Crippen LogP) is 6.35. The summed E-state index contributed by atoms with van der Waals surface area (Å²) >= 11 is 2.15. The topological polar surface area (TPSA) is 86.8 Å². The molecule has 0 radical (unpaired) electrons. The molecule has 2 amide bonds. The fraction of sp³-hybridized carbons (Fsp3) is 0.257. The van der Waals surface area contributed by atoms with Gasteiger partial charge in [0.05, 0.1) is 10.6 Å². The van der Waals surface area contributed by atoms with Crippen LogP contribution in [0.2, 0.25) is 0 Å². The number of anilines is 1. The van der Waals surface area contributed by atoms with Crippen LogP contribution < -0.4 is 9.62 Å². The molecule has 230 valence electrons. The lowest BCUT2D eigenvalue weighted by Gasteiger charge is -2.34. The highest BCUT2D eigenvalue weighted by Gasteiger charge is 2.35. The summed E-state index contributed by atoms with van der Waals surface area (Å²) < 4.78 is 30.1. The average molecular weight is 724 g/mol. The molecule has 9 heteroatoms. The SMILES string of the molecule is CC[C@H](C)NC(=O)[C@@H](Cc1ccccc1)N(Cc1cccc(C)c1)C(=O)CN(c1ccc(I)cc1)S(=O)(=O)c1ccccc1. The number of nitrogens with zero attached hydrogens (tertiary/aromatic N) is 2. The van der Waals surface area contributed by atoms with Crippen LogP contribution >= 0.6 is 22.6 Å². The van der Waals surface area contributed by atoms with E-state index >= 15 is 0 Å². The normalized spacial score (nSPS) is 12.6. The fourth-order valence-electron chi connectivity index (χ4n) is 4.86. The van der Waals surface area contributed by atoms with Gasteiger partial charge in [-0.1, -0.05) is 85.3 Å². The number of hydrogen-bond donors (Lipinski definition) is 1. The van der Waals surface area contributed by atoms with Gasteiger partial charge in [-0.05, 0) is 90.4 Å². The van der Waals surface area contributed by atoms with Gasteiger partial charge in [0.15, 0.2) is 0 Å². The highest BCUT2D eigenvalue weighted by Crippen LogP contribution is 2.26. The summed E-state index contributed by atoms with van der Waals surface area (Å²) in [7, 11) is -4.12. The summed E-state index contributed by atoms with van der Waals surface area (Å²) in [5, 5.41) is 3.06. The molecule has 0 aliphatic carbocycles. The summed E-state index contributed by atoms with van der Waals surface area (Å²) in [6, 6.07) is 31.4. The summed E-state index contributed by atoms with van der Waals surface area (Å²) in [5.74, 6) is -0.763. The average Bonchev–Trinajstić information content (AvgIpc) is 3.02. The highest BCUT2D eigenvalue weighted by atomic mass is 127. The number of halogens is 1. The molecule has 4 aromatic carbocycles. The van der Waals surface area contributed by atoms with E-state index in [0.717, 1.165) is 31.0 Å². The van der Waals surface area contributed by atoms with Crippen LogP contribution in [0, 0.1) is 10.5 Å². The Hall–Kier alpha value is -3.70. The second kappa shape index (κ2) is 15.3. The van der Waals surface area contributed by atoms with Crippen molar-refractivity contribution in [2.24, 2.45) is 0 Å². The lowest BCUT2D eigenvalue weighted by molar-refractivity contribution is -0.140. The van der Waals surface area contributed by atoms with Crippen molar-refractivity contribution < 1.29 is 18.0 Å². The Bertz CT molecular complexity index is 1650. The molecule has 0 spiro atoms. The maximum absolute atomic E-state index is 14.5. The molecule has 4 aromatic rings. The van der Waals surface area contributed by atoms with Crippen molar-refractivity contribution in [2.75, 3.05) is 10.8 Å². The lowest BCUT2D eigenvalue weighted by Crippen LogP contribution is -2.54.